The van der Waals surface area contributed by atoms with E-state index >= 15 is 0 Å². The molecule has 0 radical (unpaired) electrons. The van der Waals surface area contributed by atoms with E-state index < -0.39 is 0 Å². The molecule has 3 N–H and O–H groups in total. The van der Waals surface area contributed by atoms with E-state index in [0.717, 1.165) is 22.4 Å². The molecule has 0 bridgehead atoms. The SMILES string of the molecule is Cc1ccc(NC(=O)CSc2nnc(Cc3cccc4ccccc34)n2N)c(C)c1. The van der Waals surface area contributed by atoms with Crippen LogP contribution in [0.5, 0.6) is 0 Å². The summed E-state index contributed by atoms with van der Waals surface area (Å²) in [6.45, 7) is 4.00. The molecular formula is C23H23N5OS. The van der Waals surface area contributed by atoms with Crippen LogP contribution in [0.4, 0.5) is 5.69 Å². The first-order chi connectivity index (χ1) is 14.5. The lowest BCUT2D eigenvalue weighted by Crippen LogP contribution is -2.17. The zero-order chi connectivity index (χ0) is 21.1. The van der Waals surface area contributed by atoms with E-state index in [-0.39, 0.29) is 11.7 Å². The first kappa shape index (κ1) is 20.0. The summed E-state index contributed by atoms with van der Waals surface area (Å²) in [6.07, 6.45) is 0.570. The fraction of sp³-hybridized carbons (Fsp3) is 0.174. The number of nitrogens with two attached hydrogens (primary N) is 1. The molecule has 0 unspecified atom stereocenters. The lowest BCUT2D eigenvalue weighted by Gasteiger charge is -2.09. The van der Waals surface area contributed by atoms with Crippen LogP contribution in [0.2, 0.25) is 0 Å². The average Bonchev–Trinajstić information content (AvgIpc) is 3.08. The molecule has 0 aliphatic rings. The van der Waals surface area contributed by atoms with Crippen LogP contribution in [-0.4, -0.2) is 26.5 Å². The van der Waals surface area contributed by atoms with Gasteiger partial charge in [-0.15, -0.1) is 10.2 Å². The van der Waals surface area contributed by atoms with Gasteiger partial charge in [0.05, 0.1) is 5.75 Å². The van der Waals surface area contributed by atoms with Crippen LogP contribution in [0.15, 0.2) is 65.8 Å². The van der Waals surface area contributed by atoms with E-state index in [0.29, 0.717) is 17.4 Å². The molecule has 0 saturated carbocycles. The molecule has 3 aromatic carbocycles. The van der Waals surface area contributed by atoms with Crippen molar-refractivity contribution in [2.24, 2.45) is 0 Å². The minimum Gasteiger partial charge on any atom is -0.336 e. The van der Waals surface area contributed by atoms with Crippen molar-refractivity contribution in [1.82, 2.24) is 14.9 Å². The molecule has 6 nitrogen and oxygen atoms in total. The Morgan fingerprint density at radius 2 is 1.87 bits per heavy atom. The van der Waals surface area contributed by atoms with Gasteiger partial charge < -0.3 is 11.2 Å². The Bertz CT molecular complexity index is 1210. The number of nitrogens with one attached hydrogen (secondary N) is 1. The molecule has 0 atom stereocenters. The van der Waals surface area contributed by atoms with Crippen molar-refractivity contribution >= 4 is 34.1 Å². The topological polar surface area (TPSA) is 85.8 Å². The molecule has 1 amide bonds. The van der Waals surface area contributed by atoms with Crippen molar-refractivity contribution in [1.29, 1.82) is 0 Å². The van der Waals surface area contributed by atoms with Crippen LogP contribution >= 0.6 is 11.8 Å². The quantitative estimate of drug-likeness (QED) is 0.365. The minimum atomic E-state index is -0.106. The Morgan fingerprint density at radius 3 is 2.70 bits per heavy atom. The summed E-state index contributed by atoms with van der Waals surface area (Å²) in [5, 5.41) is 14.2. The fourth-order valence-electron chi connectivity index (χ4n) is 3.41. The van der Waals surface area contributed by atoms with Crippen LogP contribution in [0.3, 0.4) is 0 Å². The normalized spacial score (nSPS) is 11.0. The van der Waals surface area contributed by atoms with E-state index in [9.17, 15) is 4.79 Å². The summed E-state index contributed by atoms with van der Waals surface area (Å²) < 4.78 is 1.47. The van der Waals surface area contributed by atoms with Gasteiger partial charge in [0.1, 0.15) is 0 Å². The second kappa shape index (κ2) is 8.59. The van der Waals surface area contributed by atoms with Gasteiger partial charge in [0.15, 0.2) is 5.82 Å². The third-order valence-corrected chi connectivity index (χ3v) is 5.90. The summed E-state index contributed by atoms with van der Waals surface area (Å²) in [5.41, 5.74) is 4.15. The number of anilines is 1. The van der Waals surface area contributed by atoms with Gasteiger partial charge in [-0.25, -0.2) is 4.68 Å². The smallest absolute Gasteiger partial charge is 0.234 e. The van der Waals surface area contributed by atoms with Crippen molar-refractivity contribution in [3.63, 3.8) is 0 Å². The molecule has 0 fully saturated rings. The molecule has 0 spiro atoms. The zero-order valence-corrected chi connectivity index (χ0v) is 17.7. The zero-order valence-electron chi connectivity index (χ0n) is 16.9. The number of aromatic nitrogens is 3. The van der Waals surface area contributed by atoms with Gasteiger partial charge in [0, 0.05) is 12.1 Å². The highest BCUT2D eigenvalue weighted by molar-refractivity contribution is 7.99. The maximum absolute atomic E-state index is 12.3. The monoisotopic (exact) mass is 417 g/mol. The van der Waals surface area contributed by atoms with Crippen LogP contribution in [0.25, 0.3) is 10.8 Å². The van der Waals surface area contributed by atoms with Crippen LogP contribution in [-0.2, 0) is 11.2 Å². The standard InChI is InChI=1S/C23H23N5OS/c1-15-10-11-20(16(2)12-15)25-22(29)14-30-23-27-26-21(28(23)24)13-18-8-5-7-17-6-3-4-9-19(17)18/h3-12H,13-14,24H2,1-2H3,(H,25,29). The first-order valence-electron chi connectivity index (χ1n) is 9.67. The van der Waals surface area contributed by atoms with Crippen molar-refractivity contribution < 1.29 is 4.79 Å². The van der Waals surface area contributed by atoms with Crippen molar-refractivity contribution in [2.45, 2.75) is 25.4 Å². The number of benzene rings is 3. The number of rotatable bonds is 6. The third kappa shape index (κ3) is 4.31. The third-order valence-electron chi connectivity index (χ3n) is 4.95. The van der Waals surface area contributed by atoms with Crippen molar-refractivity contribution in [3.8, 4) is 0 Å². The summed E-state index contributed by atoms with van der Waals surface area (Å²) in [6, 6.07) is 20.3. The number of nitrogen functional groups attached to an aromatic ring is 1. The molecule has 7 heteroatoms. The lowest BCUT2D eigenvalue weighted by atomic mass is 10.0. The number of aryl methyl sites for hydroxylation is 2. The Labute approximate surface area is 179 Å². The summed E-state index contributed by atoms with van der Waals surface area (Å²) in [5.74, 6) is 6.97. The van der Waals surface area contributed by atoms with Gasteiger partial charge in [0.2, 0.25) is 11.1 Å². The molecule has 152 valence electrons. The number of hydrogen-bond donors (Lipinski definition) is 2. The van der Waals surface area contributed by atoms with Gasteiger partial charge >= 0.3 is 0 Å². The van der Waals surface area contributed by atoms with E-state index in [2.05, 4.69) is 39.8 Å². The lowest BCUT2D eigenvalue weighted by molar-refractivity contribution is -0.113. The maximum atomic E-state index is 12.3. The summed E-state index contributed by atoms with van der Waals surface area (Å²) in [4.78, 5) is 12.3. The fourth-order valence-corrected chi connectivity index (χ4v) is 4.09. The van der Waals surface area contributed by atoms with Crippen molar-refractivity contribution in [3.05, 3.63) is 83.2 Å². The predicted octanol–water partition coefficient (Wildman–Crippen LogP) is 4.08. The molecule has 0 aliphatic heterocycles. The van der Waals surface area contributed by atoms with Crippen LogP contribution in [0, 0.1) is 13.8 Å². The largest absolute Gasteiger partial charge is 0.336 e. The number of fused-ring (bicyclic) bond motifs is 1. The highest BCUT2D eigenvalue weighted by Crippen LogP contribution is 2.22. The number of hydrogen-bond acceptors (Lipinski definition) is 5. The molecule has 0 aliphatic carbocycles. The second-order valence-electron chi connectivity index (χ2n) is 7.24. The molecule has 30 heavy (non-hydrogen) atoms. The van der Waals surface area contributed by atoms with E-state index in [1.807, 2.05) is 50.2 Å². The highest BCUT2D eigenvalue weighted by Gasteiger charge is 2.14. The number of carbonyl (C=O) groups excluding carboxylic acids is 1. The molecule has 1 aromatic heterocycles. The Kier molecular flexibility index (Phi) is 5.72. The number of thioether (sulfide) groups is 1. The van der Waals surface area contributed by atoms with Crippen LogP contribution < -0.4 is 11.2 Å². The Balaban J connectivity index is 1.42. The van der Waals surface area contributed by atoms with Gasteiger partial charge in [-0.2, -0.15) is 0 Å². The molecular weight excluding hydrogens is 394 g/mol. The molecule has 1 heterocycles. The van der Waals surface area contributed by atoms with E-state index in [1.165, 1.54) is 27.2 Å². The Morgan fingerprint density at radius 1 is 1.07 bits per heavy atom. The predicted molar refractivity (Wildman–Crippen MR) is 122 cm³/mol. The second-order valence-corrected chi connectivity index (χ2v) is 8.18. The minimum absolute atomic E-state index is 0.106. The Hall–Kier alpha value is -3.32. The number of nitrogens with zero attached hydrogens (tertiary/aromatic N) is 3. The van der Waals surface area contributed by atoms with Crippen LogP contribution in [0.1, 0.15) is 22.5 Å². The highest BCUT2D eigenvalue weighted by atomic mass is 32.2. The summed E-state index contributed by atoms with van der Waals surface area (Å²) in [7, 11) is 0. The maximum Gasteiger partial charge on any atom is 0.234 e. The van der Waals surface area contributed by atoms with Gasteiger partial charge in [-0.3, -0.25) is 4.79 Å². The van der Waals surface area contributed by atoms with E-state index in [4.69, 9.17) is 5.84 Å². The van der Waals surface area contributed by atoms with Gasteiger partial charge in [-0.05, 0) is 41.8 Å². The average molecular weight is 418 g/mol. The number of carbonyl (C=O) groups is 1. The van der Waals surface area contributed by atoms with Gasteiger partial charge in [-0.1, -0.05) is 71.9 Å². The molecule has 4 rings (SSSR count). The van der Waals surface area contributed by atoms with E-state index in [1.54, 1.807) is 0 Å². The molecule has 0 saturated heterocycles. The number of amides is 1. The molecule has 4 aromatic rings. The summed E-state index contributed by atoms with van der Waals surface area (Å²) >= 11 is 1.27. The first-order valence-corrected chi connectivity index (χ1v) is 10.7. The van der Waals surface area contributed by atoms with Gasteiger partial charge in [0.25, 0.3) is 0 Å². The van der Waals surface area contributed by atoms with Crippen molar-refractivity contribution in [2.75, 3.05) is 16.9 Å².